The van der Waals surface area contributed by atoms with Crippen LogP contribution in [-0.2, 0) is 11.3 Å². The fourth-order valence-corrected chi connectivity index (χ4v) is 2.47. The van der Waals surface area contributed by atoms with Gasteiger partial charge in [0.25, 0.3) is 0 Å². The number of nitrogens with one attached hydrogen (secondary N) is 1. The molecule has 0 atom stereocenters. The Kier molecular flexibility index (Phi) is 6.11. The molecule has 4 nitrogen and oxygen atoms in total. The van der Waals surface area contributed by atoms with E-state index in [0.717, 1.165) is 16.7 Å². The third-order valence-corrected chi connectivity index (χ3v) is 3.95. The van der Waals surface area contributed by atoms with Gasteiger partial charge in [0.05, 0.1) is 0 Å². The predicted octanol–water partition coefficient (Wildman–Crippen LogP) is 4.87. The van der Waals surface area contributed by atoms with Crippen LogP contribution in [0, 0.1) is 11.6 Å². The number of ether oxygens (including phenoxy) is 1. The highest BCUT2D eigenvalue weighted by Crippen LogP contribution is 2.20. The summed E-state index contributed by atoms with van der Waals surface area (Å²) in [4.78, 5) is 16.2. The van der Waals surface area contributed by atoms with Crippen molar-refractivity contribution in [3.8, 4) is 11.6 Å². The average Bonchev–Trinajstić information content (AvgIpc) is 2.69. The van der Waals surface area contributed by atoms with Crippen molar-refractivity contribution in [2.24, 2.45) is 0 Å². The van der Waals surface area contributed by atoms with Crippen molar-refractivity contribution in [2.45, 2.75) is 13.5 Å². The Morgan fingerprint density at radius 2 is 1.68 bits per heavy atom. The lowest BCUT2D eigenvalue weighted by Gasteiger charge is -2.08. The lowest BCUT2D eigenvalue weighted by Crippen LogP contribution is -2.20. The SMILES string of the molecule is C/C(=C\C(=O)NCc1ccnc(Oc2ccc(F)cc2)c1)c1ccc(F)cc1. The zero-order chi connectivity index (χ0) is 19.9. The molecule has 28 heavy (non-hydrogen) atoms. The molecule has 142 valence electrons. The van der Waals surface area contributed by atoms with E-state index in [2.05, 4.69) is 10.3 Å². The van der Waals surface area contributed by atoms with Crippen molar-refractivity contribution in [3.05, 3.63) is 95.7 Å². The first-order valence-corrected chi connectivity index (χ1v) is 8.60. The quantitative estimate of drug-likeness (QED) is 0.621. The number of amides is 1. The summed E-state index contributed by atoms with van der Waals surface area (Å²) in [5.41, 5.74) is 2.30. The largest absolute Gasteiger partial charge is 0.439 e. The first kappa shape index (κ1) is 19.2. The van der Waals surface area contributed by atoms with Gasteiger partial charge in [-0.15, -0.1) is 0 Å². The van der Waals surface area contributed by atoms with Gasteiger partial charge in [-0.3, -0.25) is 4.79 Å². The summed E-state index contributed by atoms with van der Waals surface area (Å²) in [6.07, 6.45) is 3.03. The molecule has 0 unspecified atom stereocenters. The Morgan fingerprint density at radius 1 is 1.04 bits per heavy atom. The Bertz CT molecular complexity index is 984. The molecule has 1 N–H and O–H groups in total. The molecule has 0 saturated carbocycles. The molecule has 3 aromatic rings. The molecule has 1 aromatic heterocycles. The third-order valence-electron chi connectivity index (χ3n) is 3.95. The molecule has 0 aliphatic carbocycles. The van der Waals surface area contributed by atoms with Crippen LogP contribution in [0.2, 0.25) is 0 Å². The van der Waals surface area contributed by atoms with E-state index in [1.165, 1.54) is 42.5 Å². The third kappa shape index (κ3) is 5.48. The summed E-state index contributed by atoms with van der Waals surface area (Å²) >= 11 is 0. The number of hydrogen-bond acceptors (Lipinski definition) is 3. The average molecular weight is 380 g/mol. The molecule has 0 radical (unpaired) electrons. The number of carbonyl (C=O) groups excluding carboxylic acids is 1. The number of benzene rings is 2. The van der Waals surface area contributed by atoms with E-state index >= 15 is 0 Å². The summed E-state index contributed by atoms with van der Waals surface area (Å²) in [6, 6.07) is 15.0. The van der Waals surface area contributed by atoms with E-state index in [1.807, 2.05) is 0 Å². The second kappa shape index (κ2) is 8.90. The van der Waals surface area contributed by atoms with Crippen molar-refractivity contribution in [1.29, 1.82) is 0 Å². The maximum Gasteiger partial charge on any atom is 0.244 e. The first-order valence-electron chi connectivity index (χ1n) is 8.60. The van der Waals surface area contributed by atoms with Gasteiger partial charge in [0, 0.05) is 24.9 Å². The minimum atomic E-state index is -0.347. The molecular formula is C22H18F2N2O2. The van der Waals surface area contributed by atoms with Gasteiger partial charge in [0.2, 0.25) is 11.8 Å². The van der Waals surface area contributed by atoms with E-state index in [9.17, 15) is 13.6 Å². The number of halogens is 2. The Morgan fingerprint density at radius 3 is 2.36 bits per heavy atom. The molecule has 0 aliphatic rings. The van der Waals surface area contributed by atoms with Crippen LogP contribution in [0.3, 0.4) is 0 Å². The van der Waals surface area contributed by atoms with Crippen LogP contribution in [0.1, 0.15) is 18.1 Å². The minimum absolute atomic E-state index is 0.264. The highest BCUT2D eigenvalue weighted by atomic mass is 19.1. The number of carbonyl (C=O) groups is 1. The highest BCUT2D eigenvalue weighted by molar-refractivity contribution is 5.94. The van der Waals surface area contributed by atoms with Gasteiger partial charge < -0.3 is 10.1 Å². The number of nitrogens with zero attached hydrogens (tertiary/aromatic N) is 1. The van der Waals surface area contributed by atoms with E-state index in [4.69, 9.17) is 4.74 Å². The normalized spacial score (nSPS) is 11.2. The summed E-state index contributed by atoms with van der Waals surface area (Å²) in [6.45, 7) is 2.07. The van der Waals surface area contributed by atoms with Gasteiger partial charge in [0.15, 0.2) is 0 Å². The zero-order valence-electron chi connectivity index (χ0n) is 15.2. The fraction of sp³-hybridized carbons (Fsp3) is 0.0909. The maximum absolute atomic E-state index is 13.0. The van der Waals surface area contributed by atoms with E-state index in [0.29, 0.717) is 11.6 Å². The van der Waals surface area contributed by atoms with Gasteiger partial charge >= 0.3 is 0 Å². The summed E-state index contributed by atoms with van der Waals surface area (Å²) < 4.78 is 31.5. The molecule has 1 amide bonds. The van der Waals surface area contributed by atoms with Crippen LogP contribution >= 0.6 is 0 Å². The van der Waals surface area contributed by atoms with Crippen molar-refractivity contribution >= 4 is 11.5 Å². The van der Waals surface area contributed by atoms with Crippen LogP contribution in [0.5, 0.6) is 11.6 Å². The van der Waals surface area contributed by atoms with E-state index in [1.54, 1.807) is 37.4 Å². The highest BCUT2D eigenvalue weighted by Gasteiger charge is 2.04. The van der Waals surface area contributed by atoms with Crippen molar-refractivity contribution < 1.29 is 18.3 Å². The smallest absolute Gasteiger partial charge is 0.244 e. The van der Waals surface area contributed by atoms with Gasteiger partial charge in [-0.25, -0.2) is 13.8 Å². The first-order chi connectivity index (χ1) is 13.5. The van der Waals surface area contributed by atoms with Crippen LogP contribution < -0.4 is 10.1 Å². The molecule has 0 fully saturated rings. The van der Waals surface area contributed by atoms with Crippen LogP contribution in [0.15, 0.2) is 72.9 Å². The topological polar surface area (TPSA) is 51.2 Å². The lowest BCUT2D eigenvalue weighted by atomic mass is 10.1. The van der Waals surface area contributed by atoms with Gasteiger partial charge in [-0.05, 0) is 66.1 Å². The van der Waals surface area contributed by atoms with Crippen molar-refractivity contribution in [1.82, 2.24) is 10.3 Å². The Balaban J connectivity index is 1.59. The minimum Gasteiger partial charge on any atom is -0.439 e. The summed E-state index contributed by atoms with van der Waals surface area (Å²) in [7, 11) is 0. The fourth-order valence-electron chi connectivity index (χ4n) is 2.47. The second-order valence-corrected chi connectivity index (χ2v) is 6.11. The molecule has 0 bridgehead atoms. The Hall–Kier alpha value is -3.54. The number of aromatic nitrogens is 1. The molecule has 0 spiro atoms. The summed E-state index contributed by atoms with van der Waals surface area (Å²) in [5.74, 6) is -0.123. The Labute approximate surface area is 161 Å². The van der Waals surface area contributed by atoms with E-state index in [-0.39, 0.29) is 24.1 Å². The number of hydrogen-bond donors (Lipinski definition) is 1. The van der Waals surface area contributed by atoms with Crippen LogP contribution in [0.25, 0.3) is 5.57 Å². The molecule has 2 aromatic carbocycles. The maximum atomic E-state index is 13.0. The number of allylic oxidation sites excluding steroid dienone is 1. The monoisotopic (exact) mass is 380 g/mol. The van der Waals surface area contributed by atoms with Gasteiger partial charge in [-0.2, -0.15) is 0 Å². The lowest BCUT2D eigenvalue weighted by molar-refractivity contribution is -0.116. The van der Waals surface area contributed by atoms with Gasteiger partial charge in [-0.1, -0.05) is 12.1 Å². The number of pyridine rings is 1. The molecule has 3 rings (SSSR count). The van der Waals surface area contributed by atoms with Crippen molar-refractivity contribution in [3.63, 3.8) is 0 Å². The zero-order valence-corrected chi connectivity index (χ0v) is 15.2. The predicted molar refractivity (Wildman–Crippen MR) is 103 cm³/mol. The molecule has 0 aliphatic heterocycles. The van der Waals surface area contributed by atoms with Crippen LogP contribution in [0.4, 0.5) is 8.78 Å². The van der Waals surface area contributed by atoms with Gasteiger partial charge in [0.1, 0.15) is 17.4 Å². The standard InChI is InChI=1S/C22H18F2N2O2/c1-15(17-2-4-18(23)5-3-17)12-21(27)26-14-16-10-11-25-22(13-16)28-20-8-6-19(24)7-9-20/h2-13H,14H2,1H3,(H,26,27)/b15-12+. The molecule has 1 heterocycles. The molecular weight excluding hydrogens is 362 g/mol. The summed E-state index contributed by atoms with van der Waals surface area (Å²) in [5, 5.41) is 2.79. The molecule has 6 heteroatoms. The number of rotatable bonds is 6. The molecule has 0 saturated heterocycles. The van der Waals surface area contributed by atoms with E-state index < -0.39 is 0 Å². The van der Waals surface area contributed by atoms with Crippen LogP contribution in [-0.4, -0.2) is 10.9 Å². The van der Waals surface area contributed by atoms with Crippen molar-refractivity contribution in [2.75, 3.05) is 0 Å². The second-order valence-electron chi connectivity index (χ2n) is 6.11.